The molecule has 2 N–H and O–H groups in total. The van der Waals surface area contributed by atoms with Gasteiger partial charge in [-0.1, -0.05) is 40.0 Å². The molecule has 1 rings (SSSR count). The molecule has 1 aliphatic carbocycles. The summed E-state index contributed by atoms with van der Waals surface area (Å²) < 4.78 is 0. The van der Waals surface area contributed by atoms with Gasteiger partial charge < -0.3 is 10.6 Å². The van der Waals surface area contributed by atoms with Crippen molar-refractivity contribution in [2.24, 2.45) is 11.8 Å². The molecule has 0 aromatic rings. The smallest absolute Gasteiger partial charge is 0.166 e. The van der Waals surface area contributed by atoms with Gasteiger partial charge in [-0.25, -0.2) is 0 Å². The summed E-state index contributed by atoms with van der Waals surface area (Å²) in [6.07, 6.45) is 6.38. The summed E-state index contributed by atoms with van der Waals surface area (Å²) in [5, 5.41) is 7.61. The standard InChI is InChI=1S/C13H26N2S/c1-4-5-9-14-13(16)15-12-8-6-7-10(2)11(12)3/h10-12H,4-9H2,1-3H3,(H2,14,15,16)/t10-,11-,12-/m0/s1. The molecule has 0 heterocycles. The third kappa shape index (κ3) is 4.28. The van der Waals surface area contributed by atoms with Gasteiger partial charge in [-0.15, -0.1) is 0 Å². The summed E-state index contributed by atoms with van der Waals surface area (Å²) in [5.74, 6) is 1.56. The molecule has 2 nitrogen and oxygen atoms in total. The molecule has 3 atom stereocenters. The number of rotatable bonds is 4. The average molecular weight is 242 g/mol. The lowest BCUT2D eigenvalue weighted by molar-refractivity contribution is 0.224. The largest absolute Gasteiger partial charge is 0.363 e. The Labute approximate surface area is 106 Å². The van der Waals surface area contributed by atoms with E-state index in [0.717, 1.165) is 23.5 Å². The predicted octanol–water partition coefficient (Wildman–Crippen LogP) is 3.08. The first kappa shape index (κ1) is 13.8. The molecular weight excluding hydrogens is 216 g/mol. The van der Waals surface area contributed by atoms with Crippen LogP contribution in [0, 0.1) is 11.8 Å². The molecule has 0 unspecified atom stereocenters. The molecule has 0 saturated heterocycles. The fourth-order valence-corrected chi connectivity index (χ4v) is 2.64. The van der Waals surface area contributed by atoms with Gasteiger partial charge in [0.15, 0.2) is 5.11 Å². The Bertz CT molecular complexity index is 218. The van der Waals surface area contributed by atoms with Gasteiger partial charge in [-0.05, 0) is 36.9 Å². The molecular formula is C13H26N2S. The van der Waals surface area contributed by atoms with Gasteiger partial charge >= 0.3 is 0 Å². The second-order valence-electron chi connectivity index (χ2n) is 5.13. The van der Waals surface area contributed by atoms with Crippen molar-refractivity contribution in [3.8, 4) is 0 Å². The van der Waals surface area contributed by atoms with Crippen LogP contribution in [-0.4, -0.2) is 17.7 Å². The van der Waals surface area contributed by atoms with E-state index in [9.17, 15) is 0 Å². The summed E-state index contributed by atoms with van der Waals surface area (Å²) >= 11 is 5.32. The summed E-state index contributed by atoms with van der Waals surface area (Å²) in [6.45, 7) is 7.89. The van der Waals surface area contributed by atoms with E-state index in [0.29, 0.717) is 6.04 Å². The Morgan fingerprint density at radius 2 is 2.06 bits per heavy atom. The monoisotopic (exact) mass is 242 g/mol. The van der Waals surface area contributed by atoms with Crippen LogP contribution in [0.15, 0.2) is 0 Å². The van der Waals surface area contributed by atoms with Crippen molar-refractivity contribution in [2.75, 3.05) is 6.54 Å². The topological polar surface area (TPSA) is 24.1 Å². The van der Waals surface area contributed by atoms with E-state index in [1.54, 1.807) is 0 Å². The van der Waals surface area contributed by atoms with Crippen LogP contribution < -0.4 is 10.6 Å². The highest BCUT2D eigenvalue weighted by atomic mass is 32.1. The predicted molar refractivity (Wildman–Crippen MR) is 74.6 cm³/mol. The van der Waals surface area contributed by atoms with Crippen LogP contribution in [0.3, 0.4) is 0 Å². The number of thiocarbonyl (C=S) groups is 1. The fourth-order valence-electron chi connectivity index (χ4n) is 2.38. The highest BCUT2D eigenvalue weighted by molar-refractivity contribution is 7.80. The zero-order valence-corrected chi connectivity index (χ0v) is 11.7. The molecule has 0 spiro atoms. The van der Waals surface area contributed by atoms with E-state index in [1.165, 1.54) is 32.1 Å². The third-order valence-corrected chi connectivity index (χ3v) is 4.10. The maximum absolute atomic E-state index is 5.32. The molecule has 0 aromatic carbocycles. The molecule has 16 heavy (non-hydrogen) atoms. The molecule has 0 aliphatic heterocycles. The number of hydrogen-bond acceptors (Lipinski definition) is 1. The minimum atomic E-state index is 0.574. The average Bonchev–Trinajstić information content (AvgIpc) is 2.25. The first-order valence-electron chi connectivity index (χ1n) is 6.69. The summed E-state index contributed by atoms with van der Waals surface area (Å²) in [7, 11) is 0. The zero-order valence-electron chi connectivity index (χ0n) is 10.9. The van der Waals surface area contributed by atoms with E-state index in [1.807, 2.05) is 0 Å². The first-order chi connectivity index (χ1) is 7.65. The van der Waals surface area contributed by atoms with Crippen LogP contribution in [0.5, 0.6) is 0 Å². The Balaban J connectivity index is 2.26. The first-order valence-corrected chi connectivity index (χ1v) is 7.10. The van der Waals surface area contributed by atoms with Crippen molar-refractivity contribution in [1.29, 1.82) is 0 Å². The molecule has 3 heteroatoms. The van der Waals surface area contributed by atoms with E-state index in [2.05, 4.69) is 31.4 Å². The van der Waals surface area contributed by atoms with Crippen molar-refractivity contribution >= 4 is 17.3 Å². The van der Waals surface area contributed by atoms with Gasteiger partial charge in [0, 0.05) is 12.6 Å². The van der Waals surface area contributed by atoms with Crippen molar-refractivity contribution in [3.63, 3.8) is 0 Å². The van der Waals surface area contributed by atoms with Gasteiger partial charge in [0.2, 0.25) is 0 Å². The van der Waals surface area contributed by atoms with Crippen LogP contribution >= 0.6 is 12.2 Å². The van der Waals surface area contributed by atoms with Crippen LogP contribution in [0.2, 0.25) is 0 Å². The van der Waals surface area contributed by atoms with Gasteiger partial charge in [-0.3, -0.25) is 0 Å². The highest BCUT2D eigenvalue weighted by Crippen LogP contribution is 2.29. The fraction of sp³-hybridized carbons (Fsp3) is 0.923. The Morgan fingerprint density at radius 3 is 2.75 bits per heavy atom. The number of nitrogens with one attached hydrogen (secondary N) is 2. The van der Waals surface area contributed by atoms with E-state index < -0.39 is 0 Å². The number of unbranched alkanes of at least 4 members (excludes halogenated alkanes) is 1. The molecule has 1 saturated carbocycles. The van der Waals surface area contributed by atoms with Gasteiger partial charge in [-0.2, -0.15) is 0 Å². The highest BCUT2D eigenvalue weighted by Gasteiger charge is 2.27. The van der Waals surface area contributed by atoms with Gasteiger partial charge in [0.05, 0.1) is 0 Å². The quantitative estimate of drug-likeness (QED) is 0.585. The molecule has 0 bridgehead atoms. The molecule has 1 aliphatic rings. The minimum Gasteiger partial charge on any atom is -0.363 e. The lowest BCUT2D eigenvalue weighted by Gasteiger charge is -2.35. The van der Waals surface area contributed by atoms with Crippen LogP contribution in [0.25, 0.3) is 0 Å². The molecule has 94 valence electrons. The second kappa shape index (κ2) is 7.10. The van der Waals surface area contributed by atoms with E-state index in [-0.39, 0.29) is 0 Å². The van der Waals surface area contributed by atoms with Gasteiger partial charge in [0.25, 0.3) is 0 Å². The Kier molecular flexibility index (Phi) is 6.10. The minimum absolute atomic E-state index is 0.574. The maximum atomic E-state index is 5.32. The van der Waals surface area contributed by atoms with Crippen molar-refractivity contribution in [3.05, 3.63) is 0 Å². The maximum Gasteiger partial charge on any atom is 0.166 e. The van der Waals surface area contributed by atoms with E-state index >= 15 is 0 Å². The molecule has 1 fully saturated rings. The summed E-state index contributed by atoms with van der Waals surface area (Å²) in [5.41, 5.74) is 0. The lowest BCUT2D eigenvalue weighted by Crippen LogP contribution is -2.47. The Hall–Kier alpha value is -0.310. The van der Waals surface area contributed by atoms with Crippen molar-refractivity contribution in [2.45, 2.75) is 58.9 Å². The van der Waals surface area contributed by atoms with Crippen LogP contribution in [-0.2, 0) is 0 Å². The van der Waals surface area contributed by atoms with Crippen LogP contribution in [0.4, 0.5) is 0 Å². The van der Waals surface area contributed by atoms with Crippen molar-refractivity contribution in [1.82, 2.24) is 10.6 Å². The number of hydrogen-bond donors (Lipinski definition) is 2. The zero-order chi connectivity index (χ0) is 12.0. The molecule has 0 amide bonds. The van der Waals surface area contributed by atoms with E-state index in [4.69, 9.17) is 12.2 Å². The summed E-state index contributed by atoms with van der Waals surface area (Å²) in [4.78, 5) is 0. The van der Waals surface area contributed by atoms with Gasteiger partial charge in [0.1, 0.15) is 0 Å². The molecule has 0 radical (unpaired) electrons. The normalized spacial score (nSPS) is 29.8. The third-order valence-electron chi connectivity index (χ3n) is 3.84. The second-order valence-corrected chi connectivity index (χ2v) is 5.54. The SMILES string of the molecule is CCCCNC(=S)N[C@H]1CCC[C@H](C)[C@@H]1C. The lowest BCUT2D eigenvalue weighted by atomic mass is 9.78. The molecule has 0 aromatic heterocycles. The summed E-state index contributed by atoms with van der Waals surface area (Å²) in [6, 6.07) is 0.574. The van der Waals surface area contributed by atoms with Crippen molar-refractivity contribution < 1.29 is 0 Å². The Morgan fingerprint density at radius 1 is 1.31 bits per heavy atom. The van der Waals surface area contributed by atoms with Crippen LogP contribution in [0.1, 0.15) is 52.9 Å².